The standard InChI is InChI=1S/C25H30F3N3/c1-25(2,11-5-10-22(29)15-26)14-24-30-23(19-7-4-9-21(28)13-19)17-31(24)16-18-6-3-8-20(27)12-18/h3-4,6-9,12-13,17,22H,5,10-11,14-16,29H2,1-2H3/t22-/m1/s1. The van der Waals surface area contributed by atoms with Crippen LogP contribution in [0.3, 0.4) is 0 Å². The molecule has 3 nitrogen and oxygen atoms in total. The van der Waals surface area contributed by atoms with Crippen molar-refractivity contribution in [2.75, 3.05) is 6.67 Å². The molecule has 0 fully saturated rings. The first-order chi connectivity index (χ1) is 14.8. The minimum atomic E-state index is -0.504. The molecule has 1 atom stereocenters. The van der Waals surface area contributed by atoms with Gasteiger partial charge in [0.2, 0.25) is 0 Å². The van der Waals surface area contributed by atoms with E-state index in [1.54, 1.807) is 12.1 Å². The molecule has 2 N–H and O–H groups in total. The summed E-state index contributed by atoms with van der Waals surface area (Å²) < 4.78 is 42.1. The van der Waals surface area contributed by atoms with E-state index in [0.29, 0.717) is 30.6 Å². The van der Waals surface area contributed by atoms with E-state index in [9.17, 15) is 13.2 Å². The van der Waals surface area contributed by atoms with Gasteiger partial charge in [0, 0.05) is 30.8 Å². The second-order valence-corrected chi connectivity index (χ2v) is 8.96. The fourth-order valence-electron chi connectivity index (χ4n) is 3.79. The summed E-state index contributed by atoms with van der Waals surface area (Å²) in [6, 6.07) is 12.4. The summed E-state index contributed by atoms with van der Waals surface area (Å²) >= 11 is 0. The van der Waals surface area contributed by atoms with Crippen LogP contribution in [0.25, 0.3) is 11.3 Å². The Hall–Kier alpha value is -2.60. The van der Waals surface area contributed by atoms with Crippen LogP contribution in [0, 0.1) is 17.0 Å². The Balaban J connectivity index is 1.85. The lowest BCUT2D eigenvalue weighted by Gasteiger charge is -2.25. The zero-order chi connectivity index (χ0) is 22.4. The van der Waals surface area contributed by atoms with Gasteiger partial charge in [-0.05, 0) is 48.1 Å². The Morgan fingerprint density at radius 1 is 1.06 bits per heavy atom. The van der Waals surface area contributed by atoms with E-state index < -0.39 is 12.7 Å². The topological polar surface area (TPSA) is 43.8 Å². The number of hydrogen-bond donors (Lipinski definition) is 1. The molecule has 0 aliphatic carbocycles. The molecule has 31 heavy (non-hydrogen) atoms. The molecule has 3 rings (SSSR count). The maximum atomic E-state index is 13.7. The molecule has 0 bridgehead atoms. The van der Waals surface area contributed by atoms with Gasteiger partial charge in [0.25, 0.3) is 0 Å². The van der Waals surface area contributed by atoms with Crippen molar-refractivity contribution in [2.24, 2.45) is 11.1 Å². The average molecular weight is 430 g/mol. The summed E-state index contributed by atoms with van der Waals surface area (Å²) in [6.07, 6.45) is 4.93. The maximum absolute atomic E-state index is 13.7. The molecule has 0 aliphatic heterocycles. The molecule has 0 radical (unpaired) electrons. The lowest BCUT2D eigenvalue weighted by atomic mass is 9.83. The summed E-state index contributed by atoms with van der Waals surface area (Å²) in [5, 5.41) is 0. The van der Waals surface area contributed by atoms with Crippen molar-refractivity contribution in [3.05, 3.63) is 77.8 Å². The number of halogens is 3. The number of aromatic nitrogens is 2. The number of nitrogens with zero attached hydrogens (tertiary/aromatic N) is 2. The number of benzene rings is 2. The fraction of sp³-hybridized carbons (Fsp3) is 0.400. The molecule has 6 heteroatoms. The molecule has 3 aromatic rings. The zero-order valence-electron chi connectivity index (χ0n) is 18.1. The summed E-state index contributed by atoms with van der Waals surface area (Å²) in [5.74, 6) is 0.251. The van der Waals surface area contributed by atoms with Crippen molar-refractivity contribution in [3.63, 3.8) is 0 Å². The highest BCUT2D eigenvalue weighted by Crippen LogP contribution is 2.30. The van der Waals surface area contributed by atoms with E-state index in [0.717, 1.165) is 24.2 Å². The van der Waals surface area contributed by atoms with Crippen LogP contribution in [0.4, 0.5) is 13.2 Å². The number of imidazole rings is 1. The van der Waals surface area contributed by atoms with Gasteiger partial charge >= 0.3 is 0 Å². The van der Waals surface area contributed by atoms with Crippen LogP contribution in [0.1, 0.15) is 44.5 Å². The molecule has 166 valence electrons. The fourth-order valence-corrected chi connectivity index (χ4v) is 3.79. The Morgan fingerprint density at radius 2 is 1.77 bits per heavy atom. The Labute approximate surface area is 182 Å². The quantitative estimate of drug-likeness (QED) is 0.435. The van der Waals surface area contributed by atoms with E-state index in [1.165, 1.54) is 24.3 Å². The second-order valence-electron chi connectivity index (χ2n) is 8.96. The third kappa shape index (κ3) is 6.69. The molecular formula is C25H30F3N3. The zero-order valence-corrected chi connectivity index (χ0v) is 18.1. The van der Waals surface area contributed by atoms with Crippen molar-refractivity contribution >= 4 is 0 Å². The summed E-state index contributed by atoms with van der Waals surface area (Å²) in [6.45, 7) is 4.27. The second kappa shape index (κ2) is 10.1. The molecule has 0 spiro atoms. The number of nitrogens with two attached hydrogens (primary N) is 1. The normalized spacial score (nSPS) is 12.8. The summed E-state index contributed by atoms with van der Waals surface area (Å²) in [4.78, 5) is 4.80. The van der Waals surface area contributed by atoms with E-state index in [2.05, 4.69) is 13.8 Å². The van der Waals surface area contributed by atoms with Crippen LogP contribution in [0.2, 0.25) is 0 Å². The third-order valence-electron chi connectivity index (χ3n) is 5.48. The van der Waals surface area contributed by atoms with E-state index in [4.69, 9.17) is 10.7 Å². The Kier molecular flexibility index (Phi) is 7.55. The van der Waals surface area contributed by atoms with Crippen molar-refractivity contribution in [3.8, 4) is 11.3 Å². The minimum absolute atomic E-state index is 0.0831. The van der Waals surface area contributed by atoms with Gasteiger partial charge in [-0.1, -0.05) is 44.5 Å². The van der Waals surface area contributed by atoms with E-state index >= 15 is 0 Å². The number of alkyl halides is 1. The van der Waals surface area contributed by atoms with Gasteiger partial charge in [-0.3, -0.25) is 0 Å². The van der Waals surface area contributed by atoms with Crippen LogP contribution < -0.4 is 5.73 Å². The number of hydrogen-bond acceptors (Lipinski definition) is 2. The molecule has 0 saturated heterocycles. The van der Waals surface area contributed by atoms with Crippen molar-refractivity contribution in [2.45, 2.75) is 52.1 Å². The summed E-state index contributed by atoms with van der Waals surface area (Å²) in [7, 11) is 0. The largest absolute Gasteiger partial charge is 0.330 e. The molecule has 0 unspecified atom stereocenters. The van der Waals surface area contributed by atoms with Gasteiger partial charge in [0.1, 0.15) is 24.1 Å². The molecule has 0 aliphatic rings. The first kappa shape index (κ1) is 23.1. The first-order valence-corrected chi connectivity index (χ1v) is 10.6. The molecular weight excluding hydrogens is 399 g/mol. The third-order valence-corrected chi connectivity index (χ3v) is 5.48. The predicted molar refractivity (Wildman–Crippen MR) is 118 cm³/mol. The van der Waals surface area contributed by atoms with Gasteiger partial charge in [-0.15, -0.1) is 0 Å². The Morgan fingerprint density at radius 3 is 2.45 bits per heavy atom. The first-order valence-electron chi connectivity index (χ1n) is 10.6. The maximum Gasteiger partial charge on any atom is 0.123 e. The van der Waals surface area contributed by atoms with E-state index in [-0.39, 0.29) is 17.0 Å². The molecule has 0 amide bonds. The van der Waals surface area contributed by atoms with Crippen LogP contribution in [-0.4, -0.2) is 22.3 Å². The van der Waals surface area contributed by atoms with Crippen molar-refractivity contribution < 1.29 is 13.2 Å². The monoisotopic (exact) mass is 429 g/mol. The smallest absolute Gasteiger partial charge is 0.123 e. The molecule has 1 aromatic heterocycles. The van der Waals surface area contributed by atoms with Gasteiger partial charge in [-0.2, -0.15) is 0 Å². The SMILES string of the molecule is CC(C)(CCC[C@@H](N)CF)Cc1nc(-c2cccc(F)c2)cn1Cc1cccc(F)c1. The van der Waals surface area contributed by atoms with E-state index in [1.807, 2.05) is 22.9 Å². The summed E-state index contributed by atoms with van der Waals surface area (Å²) in [5.41, 5.74) is 7.83. The molecule has 0 saturated carbocycles. The molecule has 1 heterocycles. The number of rotatable bonds is 10. The highest BCUT2D eigenvalue weighted by atomic mass is 19.1. The predicted octanol–water partition coefficient (Wildman–Crippen LogP) is 5.91. The minimum Gasteiger partial charge on any atom is -0.330 e. The van der Waals surface area contributed by atoms with Gasteiger partial charge in [-0.25, -0.2) is 18.2 Å². The van der Waals surface area contributed by atoms with Crippen LogP contribution in [0.5, 0.6) is 0 Å². The average Bonchev–Trinajstić information content (AvgIpc) is 3.09. The highest BCUT2D eigenvalue weighted by molar-refractivity contribution is 5.58. The lowest BCUT2D eigenvalue weighted by Crippen LogP contribution is -2.24. The highest BCUT2D eigenvalue weighted by Gasteiger charge is 2.23. The van der Waals surface area contributed by atoms with Crippen LogP contribution >= 0.6 is 0 Å². The Bertz CT molecular complexity index is 997. The van der Waals surface area contributed by atoms with Crippen LogP contribution in [0.15, 0.2) is 54.7 Å². The van der Waals surface area contributed by atoms with Crippen molar-refractivity contribution in [1.29, 1.82) is 0 Å². The van der Waals surface area contributed by atoms with Crippen LogP contribution in [-0.2, 0) is 13.0 Å². The lowest BCUT2D eigenvalue weighted by molar-refractivity contribution is 0.297. The van der Waals surface area contributed by atoms with Gasteiger partial charge in [0.15, 0.2) is 0 Å². The molecule has 2 aromatic carbocycles. The van der Waals surface area contributed by atoms with Gasteiger partial charge in [0.05, 0.1) is 5.69 Å². The van der Waals surface area contributed by atoms with Crippen molar-refractivity contribution in [1.82, 2.24) is 9.55 Å². The van der Waals surface area contributed by atoms with Gasteiger partial charge < -0.3 is 10.3 Å².